The molecule has 0 atom stereocenters. The lowest BCUT2D eigenvalue weighted by molar-refractivity contribution is 0.0721. The summed E-state index contributed by atoms with van der Waals surface area (Å²) in [6.45, 7) is 2.05. The summed E-state index contributed by atoms with van der Waals surface area (Å²) in [7, 11) is 0. The Hall–Kier alpha value is -1.90. The van der Waals surface area contributed by atoms with Gasteiger partial charge in [0.15, 0.2) is 0 Å². The van der Waals surface area contributed by atoms with E-state index in [1.807, 2.05) is 13.0 Å². The number of carbonyl (C=O) groups excluding carboxylic acids is 2. The molecular formula is C13H13NO2. The van der Waals surface area contributed by atoms with Crippen LogP contribution in [-0.4, -0.2) is 16.7 Å². The van der Waals surface area contributed by atoms with Crippen molar-refractivity contribution in [3.63, 3.8) is 0 Å². The van der Waals surface area contributed by atoms with Crippen molar-refractivity contribution in [2.24, 2.45) is 0 Å². The highest BCUT2D eigenvalue weighted by Crippen LogP contribution is 2.22. The van der Waals surface area contributed by atoms with Crippen LogP contribution in [0.4, 0.5) is 0 Å². The van der Waals surface area contributed by atoms with Crippen LogP contribution in [-0.2, 0) is 0 Å². The first kappa shape index (κ1) is 10.6. The first-order chi connectivity index (χ1) is 7.75. The number of imide groups is 1. The van der Waals surface area contributed by atoms with Gasteiger partial charge in [-0.15, -0.1) is 0 Å². The fourth-order valence-electron chi connectivity index (χ4n) is 1.69. The maximum Gasteiger partial charge on any atom is 0.265 e. The van der Waals surface area contributed by atoms with Crippen molar-refractivity contribution in [1.82, 2.24) is 4.90 Å². The Morgan fingerprint density at radius 1 is 1.12 bits per heavy atom. The Kier molecular flexibility index (Phi) is 2.86. The van der Waals surface area contributed by atoms with E-state index in [4.69, 9.17) is 0 Å². The quantitative estimate of drug-likeness (QED) is 0.727. The molecule has 0 fully saturated rings. The van der Waals surface area contributed by atoms with Crippen molar-refractivity contribution in [2.45, 2.75) is 19.8 Å². The molecule has 0 unspecified atom stereocenters. The Morgan fingerprint density at radius 3 is 2.19 bits per heavy atom. The molecule has 2 rings (SSSR count). The fraction of sp³-hybridized carbons (Fsp3) is 0.231. The average molecular weight is 215 g/mol. The van der Waals surface area contributed by atoms with Crippen LogP contribution in [0.3, 0.4) is 0 Å². The molecule has 3 heteroatoms. The van der Waals surface area contributed by atoms with Gasteiger partial charge in [0, 0.05) is 6.20 Å². The molecule has 1 aromatic carbocycles. The minimum absolute atomic E-state index is 0.229. The van der Waals surface area contributed by atoms with Gasteiger partial charge in [-0.05, 0) is 18.6 Å². The second-order valence-corrected chi connectivity index (χ2v) is 3.70. The number of rotatable bonds is 3. The molecule has 1 aliphatic heterocycles. The summed E-state index contributed by atoms with van der Waals surface area (Å²) in [5.41, 5.74) is 0.988. The predicted octanol–water partition coefficient (Wildman–Crippen LogP) is 2.60. The van der Waals surface area contributed by atoms with E-state index in [9.17, 15) is 9.59 Å². The van der Waals surface area contributed by atoms with Crippen LogP contribution in [0.15, 0.2) is 36.5 Å². The molecule has 0 N–H and O–H groups in total. The van der Waals surface area contributed by atoms with Gasteiger partial charge in [-0.25, -0.2) is 4.90 Å². The summed E-state index contributed by atoms with van der Waals surface area (Å²) in [5.74, 6) is -0.457. The van der Waals surface area contributed by atoms with Crippen LogP contribution in [0.25, 0.3) is 0 Å². The lowest BCUT2D eigenvalue weighted by Gasteiger charge is -2.06. The van der Waals surface area contributed by atoms with Crippen molar-refractivity contribution in [2.75, 3.05) is 0 Å². The molecule has 1 heterocycles. The van der Waals surface area contributed by atoms with E-state index in [0.717, 1.165) is 12.8 Å². The zero-order valence-corrected chi connectivity index (χ0v) is 9.14. The molecule has 1 aromatic rings. The van der Waals surface area contributed by atoms with Crippen molar-refractivity contribution in [3.05, 3.63) is 47.7 Å². The van der Waals surface area contributed by atoms with Gasteiger partial charge in [0.2, 0.25) is 0 Å². The maximum atomic E-state index is 11.9. The average Bonchev–Trinajstić information content (AvgIpc) is 2.55. The normalized spacial score (nSPS) is 14.9. The molecule has 0 spiro atoms. The number of unbranched alkanes of at least 4 members (excludes halogenated alkanes) is 1. The van der Waals surface area contributed by atoms with Crippen molar-refractivity contribution >= 4 is 11.8 Å². The molecule has 2 amide bonds. The molecule has 0 aliphatic carbocycles. The molecule has 1 aliphatic rings. The van der Waals surface area contributed by atoms with E-state index in [0.29, 0.717) is 11.1 Å². The number of nitrogens with zero attached hydrogens (tertiary/aromatic N) is 1. The van der Waals surface area contributed by atoms with E-state index in [1.165, 1.54) is 4.90 Å². The highest BCUT2D eigenvalue weighted by molar-refractivity contribution is 6.21. The largest absolute Gasteiger partial charge is 0.268 e. The molecule has 0 saturated heterocycles. The number of hydrogen-bond donors (Lipinski definition) is 0. The van der Waals surface area contributed by atoms with Crippen LogP contribution >= 0.6 is 0 Å². The summed E-state index contributed by atoms with van der Waals surface area (Å²) < 4.78 is 0. The number of benzene rings is 1. The highest BCUT2D eigenvalue weighted by atomic mass is 16.2. The second-order valence-electron chi connectivity index (χ2n) is 3.70. The number of carbonyl (C=O) groups is 2. The SMILES string of the molecule is CCCC=CN1C(=O)c2ccccc2C1=O. The molecule has 3 nitrogen and oxygen atoms in total. The predicted molar refractivity (Wildman–Crippen MR) is 61.0 cm³/mol. The van der Waals surface area contributed by atoms with Crippen LogP contribution in [0.5, 0.6) is 0 Å². The monoisotopic (exact) mass is 215 g/mol. The maximum absolute atomic E-state index is 11.9. The molecular weight excluding hydrogens is 202 g/mol. The van der Waals surface area contributed by atoms with Gasteiger partial charge in [-0.1, -0.05) is 31.6 Å². The molecule has 0 saturated carbocycles. The van der Waals surface area contributed by atoms with Crippen molar-refractivity contribution in [1.29, 1.82) is 0 Å². The molecule has 0 bridgehead atoms. The van der Waals surface area contributed by atoms with Gasteiger partial charge in [0.05, 0.1) is 11.1 Å². The van der Waals surface area contributed by atoms with E-state index in [1.54, 1.807) is 30.5 Å². The third-order valence-corrected chi connectivity index (χ3v) is 2.54. The van der Waals surface area contributed by atoms with Gasteiger partial charge < -0.3 is 0 Å². The summed E-state index contributed by atoms with van der Waals surface area (Å²) in [6, 6.07) is 6.90. The number of hydrogen-bond acceptors (Lipinski definition) is 2. The smallest absolute Gasteiger partial charge is 0.265 e. The number of amides is 2. The van der Waals surface area contributed by atoms with E-state index >= 15 is 0 Å². The van der Waals surface area contributed by atoms with Crippen LogP contribution in [0.2, 0.25) is 0 Å². The Labute approximate surface area is 94.4 Å². The zero-order chi connectivity index (χ0) is 11.5. The van der Waals surface area contributed by atoms with Crippen LogP contribution in [0, 0.1) is 0 Å². The van der Waals surface area contributed by atoms with Gasteiger partial charge in [-0.2, -0.15) is 0 Å². The van der Waals surface area contributed by atoms with Crippen molar-refractivity contribution in [3.8, 4) is 0 Å². The molecule has 16 heavy (non-hydrogen) atoms. The Morgan fingerprint density at radius 2 is 1.69 bits per heavy atom. The van der Waals surface area contributed by atoms with Crippen molar-refractivity contribution < 1.29 is 9.59 Å². The topological polar surface area (TPSA) is 37.4 Å². The van der Waals surface area contributed by atoms with E-state index < -0.39 is 0 Å². The first-order valence-electron chi connectivity index (χ1n) is 5.39. The standard InChI is InChI=1S/C13H13NO2/c1-2-3-6-9-14-12(15)10-7-4-5-8-11(10)13(14)16/h4-9H,2-3H2,1H3. The molecule has 0 aromatic heterocycles. The van der Waals surface area contributed by atoms with Crippen LogP contribution in [0.1, 0.15) is 40.5 Å². The second kappa shape index (κ2) is 4.31. The van der Waals surface area contributed by atoms with Gasteiger partial charge in [-0.3, -0.25) is 9.59 Å². The minimum Gasteiger partial charge on any atom is -0.268 e. The Balaban J connectivity index is 2.28. The molecule has 0 radical (unpaired) electrons. The Bertz CT molecular complexity index is 428. The van der Waals surface area contributed by atoms with Gasteiger partial charge in [0.25, 0.3) is 11.8 Å². The summed E-state index contributed by atoms with van der Waals surface area (Å²) in [6.07, 6.45) is 5.29. The summed E-state index contributed by atoms with van der Waals surface area (Å²) >= 11 is 0. The van der Waals surface area contributed by atoms with Crippen LogP contribution < -0.4 is 0 Å². The lowest BCUT2D eigenvalue weighted by Crippen LogP contribution is -2.23. The summed E-state index contributed by atoms with van der Waals surface area (Å²) in [5, 5.41) is 0. The zero-order valence-electron chi connectivity index (χ0n) is 9.14. The van der Waals surface area contributed by atoms with E-state index in [-0.39, 0.29) is 11.8 Å². The third kappa shape index (κ3) is 1.65. The summed E-state index contributed by atoms with van der Waals surface area (Å²) in [4.78, 5) is 24.9. The van der Waals surface area contributed by atoms with E-state index in [2.05, 4.69) is 0 Å². The fourth-order valence-corrected chi connectivity index (χ4v) is 1.69. The number of fused-ring (bicyclic) bond motifs is 1. The third-order valence-electron chi connectivity index (χ3n) is 2.54. The van der Waals surface area contributed by atoms with Gasteiger partial charge in [0.1, 0.15) is 0 Å². The number of allylic oxidation sites excluding steroid dienone is 1. The van der Waals surface area contributed by atoms with Gasteiger partial charge >= 0.3 is 0 Å². The minimum atomic E-state index is -0.229. The lowest BCUT2D eigenvalue weighted by atomic mass is 10.1. The molecule has 82 valence electrons. The highest BCUT2D eigenvalue weighted by Gasteiger charge is 2.33. The first-order valence-corrected chi connectivity index (χ1v) is 5.39.